The second kappa shape index (κ2) is 12.3. The van der Waals surface area contributed by atoms with E-state index in [0.29, 0.717) is 13.2 Å². The van der Waals surface area contributed by atoms with Crippen molar-refractivity contribution in [3.8, 4) is 0 Å². The van der Waals surface area contributed by atoms with Gasteiger partial charge in [-0.3, -0.25) is 14.4 Å². The molecule has 1 atom stereocenters. The monoisotopic (exact) mass is 488 g/mol. The van der Waals surface area contributed by atoms with Crippen molar-refractivity contribution in [2.24, 2.45) is 0 Å². The largest absolute Gasteiger partial charge is 0.383 e. The molecule has 8 nitrogen and oxygen atoms in total. The Morgan fingerprint density at radius 3 is 2.47 bits per heavy atom. The Morgan fingerprint density at radius 2 is 1.85 bits per heavy atom. The molecule has 2 aromatic heterocycles. The van der Waals surface area contributed by atoms with E-state index in [1.165, 1.54) is 47.9 Å². The van der Waals surface area contributed by atoms with Crippen molar-refractivity contribution in [2.45, 2.75) is 77.4 Å². The van der Waals surface area contributed by atoms with Crippen LogP contribution in [0.4, 0.5) is 0 Å². The molecule has 1 fully saturated rings. The number of hydrogen-bond donors (Lipinski definition) is 1. The van der Waals surface area contributed by atoms with Crippen LogP contribution in [0.1, 0.15) is 89.3 Å². The van der Waals surface area contributed by atoms with E-state index in [2.05, 4.69) is 10.3 Å². The van der Waals surface area contributed by atoms with Gasteiger partial charge in [-0.05, 0) is 26.7 Å². The van der Waals surface area contributed by atoms with Crippen molar-refractivity contribution in [3.63, 3.8) is 0 Å². The number of nitrogens with one attached hydrogen (secondary N) is 1. The van der Waals surface area contributed by atoms with E-state index < -0.39 is 17.2 Å². The number of amides is 2. The highest BCUT2D eigenvalue weighted by atomic mass is 32.1. The molecule has 0 aromatic carbocycles. The van der Waals surface area contributed by atoms with Crippen molar-refractivity contribution >= 4 is 23.2 Å². The number of carbonyl (C=O) groups is 2. The van der Waals surface area contributed by atoms with Crippen molar-refractivity contribution < 1.29 is 14.3 Å². The summed E-state index contributed by atoms with van der Waals surface area (Å²) in [6, 6.07) is -0.250. The lowest BCUT2D eigenvalue weighted by Gasteiger charge is -2.24. The molecule has 2 amide bonds. The van der Waals surface area contributed by atoms with Crippen LogP contribution in [0.25, 0.3) is 0 Å². The summed E-state index contributed by atoms with van der Waals surface area (Å²) in [5.41, 5.74) is 0.318. The minimum absolute atomic E-state index is 0.00448. The van der Waals surface area contributed by atoms with Crippen LogP contribution < -0.4 is 10.7 Å². The molecule has 2 heterocycles. The molecule has 9 heteroatoms. The normalized spacial score (nSPS) is 15.9. The van der Waals surface area contributed by atoms with E-state index >= 15 is 0 Å². The predicted octanol–water partition coefficient (Wildman–Crippen LogP) is 3.94. The first-order valence-corrected chi connectivity index (χ1v) is 12.9. The van der Waals surface area contributed by atoms with Gasteiger partial charge in [0.1, 0.15) is 16.1 Å². The van der Waals surface area contributed by atoms with Gasteiger partial charge >= 0.3 is 0 Å². The first-order valence-electron chi connectivity index (χ1n) is 12.0. The van der Waals surface area contributed by atoms with Crippen LogP contribution in [-0.4, -0.2) is 53.1 Å². The van der Waals surface area contributed by atoms with E-state index in [9.17, 15) is 14.4 Å². The smallest absolute Gasteiger partial charge is 0.259 e. The number of carbonyl (C=O) groups excluding carboxylic acids is 2. The van der Waals surface area contributed by atoms with Crippen LogP contribution in [0.5, 0.6) is 0 Å². The summed E-state index contributed by atoms with van der Waals surface area (Å²) in [6.07, 6.45) is 10.6. The van der Waals surface area contributed by atoms with Gasteiger partial charge < -0.3 is 19.5 Å². The van der Waals surface area contributed by atoms with Crippen LogP contribution in [0, 0.1) is 6.92 Å². The lowest BCUT2D eigenvalue weighted by molar-refractivity contribution is 0.0739. The maximum atomic E-state index is 13.4. The van der Waals surface area contributed by atoms with Crippen LogP contribution in [0.3, 0.4) is 0 Å². The summed E-state index contributed by atoms with van der Waals surface area (Å²) in [6.45, 7) is 4.60. The zero-order valence-corrected chi connectivity index (χ0v) is 21.5. The molecule has 34 heavy (non-hydrogen) atoms. The van der Waals surface area contributed by atoms with E-state index in [4.69, 9.17) is 4.74 Å². The van der Waals surface area contributed by atoms with Crippen molar-refractivity contribution in [3.05, 3.63) is 49.8 Å². The van der Waals surface area contributed by atoms with E-state index in [1.54, 1.807) is 18.7 Å². The topological polar surface area (TPSA) is 93.5 Å². The molecular weight excluding hydrogens is 452 g/mol. The number of aromatic nitrogens is 2. The van der Waals surface area contributed by atoms with Crippen LogP contribution in [-0.2, 0) is 11.3 Å². The van der Waals surface area contributed by atoms with Gasteiger partial charge in [0, 0.05) is 50.2 Å². The molecule has 0 spiro atoms. The summed E-state index contributed by atoms with van der Waals surface area (Å²) in [5, 5.41) is 5.79. The summed E-state index contributed by atoms with van der Waals surface area (Å²) >= 11 is 1.48. The number of thiazole rings is 1. The summed E-state index contributed by atoms with van der Waals surface area (Å²) in [7, 11) is 3.24. The van der Waals surface area contributed by atoms with Gasteiger partial charge in [0.25, 0.3) is 11.8 Å². The van der Waals surface area contributed by atoms with Gasteiger partial charge in [-0.1, -0.05) is 32.1 Å². The second-order valence-electron chi connectivity index (χ2n) is 9.08. The first-order chi connectivity index (χ1) is 16.3. The highest BCUT2D eigenvalue weighted by molar-refractivity contribution is 7.09. The van der Waals surface area contributed by atoms with E-state index in [0.717, 1.165) is 36.4 Å². The summed E-state index contributed by atoms with van der Waals surface area (Å²) in [4.78, 5) is 45.9. The zero-order chi connectivity index (χ0) is 24.7. The molecule has 1 N–H and O–H groups in total. The highest BCUT2D eigenvalue weighted by Gasteiger charge is 2.26. The predicted molar refractivity (Wildman–Crippen MR) is 134 cm³/mol. The molecule has 0 unspecified atom stereocenters. The van der Waals surface area contributed by atoms with E-state index in [-0.39, 0.29) is 23.2 Å². The third kappa shape index (κ3) is 6.54. The Labute approximate surface area is 205 Å². The molecule has 2 aromatic rings. The fourth-order valence-corrected chi connectivity index (χ4v) is 5.13. The average molecular weight is 489 g/mol. The molecule has 1 saturated carbocycles. The average Bonchev–Trinajstić information content (AvgIpc) is 3.24. The van der Waals surface area contributed by atoms with Crippen molar-refractivity contribution in [1.29, 1.82) is 0 Å². The number of methoxy groups -OCH3 is 1. The molecule has 1 aliphatic carbocycles. The maximum absolute atomic E-state index is 13.4. The van der Waals surface area contributed by atoms with Gasteiger partial charge in [0.05, 0.1) is 12.6 Å². The van der Waals surface area contributed by atoms with Crippen molar-refractivity contribution in [1.82, 2.24) is 19.8 Å². The SMILES string of the molecule is COCCn1cc(C(=O)NC2CCCCCCC2)c(=O)c(C(=O)N(C)[C@H](C)c2nc(C)cs2)c1. The molecule has 0 saturated heterocycles. The second-order valence-corrected chi connectivity index (χ2v) is 9.97. The molecule has 1 aliphatic rings. The van der Waals surface area contributed by atoms with E-state index in [1.807, 2.05) is 19.2 Å². The molecular formula is C25H36N4O4S. The Morgan fingerprint density at radius 1 is 1.21 bits per heavy atom. The molecule has 3 rings (SSSR count). The number of ether oxygens (including phenoxy) is 1. The number of nitrogens with zero attached hydrogens (tertiary/aromatic N) is 3. The zero-order valence-electron chi connectivity index (χ0n) is 20.6. The quantitative estimate of drug-likeness (QED) is 0.608. The van der Waals surface area contributed by atoms with Gasteiger partial charge in [-0.2, -0.15) is 0 Å². The van der Waals surface area contributed by atoms with Crippen molar-refractivity contribution in [2.75, 3.05) is 20.8 Å². The minimum Gasteiger partial charge on any atom is -0.383 e. The lowest BCUT2D eigenvalue weighted by Crippen LogP contribution is -2.40. The third-order valence-corrected chi connectivity index (χ3v) is 7.58. The number of rotatable bonds is 8. The standard InChI is InChI=1S/C25H36N4O4S/c1-17-16-34-24(26-17)18(2)28(3)25(32)21-15-29(12-13-33-4)14-20(22(21)30)23(31)27-19-10-8-6-5-7-9-11-19/h14-16,18-19H,5-13H2,1-4H3,(H,27,31)/t18-/m1/s1. The van der Waals surface area contributed by atoms with Gasteiger partial charge in [-0.15, -0.1) is 11.3 Å². The van der Waals surface area contributed by atoms with Crippen LogP contribution >= 0.6 is 11.3 Å². The highest BCUT2D eigenvalue weighted by Crippen LogP contribution is 2.23. The molecule has 186 valence electrons. The molecule has 0 radical (unpaired) electrons. The van der Waals surface area contributed by atoms with Gasteiger partial charge in [-0.25, -0.2) is 4.98 Å². The molecule has 0 aliphatic heterocycles. The maximum Gasteiger partial charge on any atom is 0.259 e. The van der Waals surface area contributed by atoms with Gasteiger partial charge in [0.2, 0.25) is 5.43 Å². The number of hydrogen-bond acceptors (Lipinski definition) is 6. The Hall–Kier alpha value is -2.52. The Bertz CT molecular complexity index is 1040. The number of pyridine rings is 1. The number of aryl methyl sites for hydroxylation is 1. The summed E-state index contributed by atoms with van der Waals surface area (Å²) in [5.74, 6) is -0.847. The van der Waals surface area contributed by atoms with Crippen LogP contribution in [0.2, 0.25) is 0 Å². The first kappa shape index (κ1) is 26.1. The summed E-state index contributed by atoms with van der Waals surface area (Å²) < 4.78 is 6.86. The van der Waals surface area contributed by atoms with Gasteiger partial charge in [0.15, 0.2) is 0 Å². The third-order valence-electron chi connectivity index (χ3n) is 6.44. The molecule has 0 bridgehead atoms. The minimum atomic E-state index is -0.545. The Balaban J connectivity index is 1.88. The fourth-order valence-electron chi connectivity index (χ4n) is 4.23. The Kier molecular flexibility index (Phi) is 9.41. The fraction of sp³-hybridized carbons (Fsp3) is 0.600. The lowest BCUT2D eigenvalue weighted by atomic mass is 9.96. The van der Waals surface area contributed by atoms with Crippen LogP contribution in [0.15, 0.2) is 22.6 Å².